The first kappa shape index (κ1) is 17.0. The van der Waals surface area contributed by atoms with Gasteiger partial charge in [-0.15, -0.1) is 0 Å². The topological polar surface area (TPSA) is 29.5 Å². The second kappa shape index (κ2) is 8.17. The fourth-order valence-electron chi connectivity index (χ4n) is 1.64. The van der Waals surface area contributed by atoms with Gasteiger partial charge in [0, 0.05) is 13.6 Å². The Morgan fingerprint density at radius 2 is 1.94 bits per heavy atom. The molecule has 0 N–H and O–H groups in total. The molecule has 0 saturated heterocycles. The van der Waals surface area contributed by atoms with Gasteiger partial charge in [0.1, 0.15) is 5.60 Å². The van der Waals surface area contributed by atoms with Crippen molar-refractivity contribution >= 4 is 6.09 Å². The van der Waals surface area contributed by atoms with Gasteiger partial charge in [0.2, 0.25) is 0 Å². The molecule has 0 aliphatic rings. The molecule has 0 aromatic rings. The Bertz CT molecular complexity index is 266. The number of rotatable bonds is 6. The Morgan fingerprint density at radius 1 is 1.33 bits per heavy atom. The van der Waals surface area contributed by atoms with Gasteiger partial charge in [-0.05, 0) is 46.0 Å². The van der Waals surface area contributed by atoms with Crippen LogP contribution >= 0.6 is 0 Å². The van der Waals surface area contributed by atoms with Crippen molar-refractivity contribution in [2.45, 2.75) is 59.5 Å². The predicted octanol–water partition coefficient (Wildman–Crippen LogP) is 4.24. The SMILES string of the molecule is CC/C=C\CCC(C)CN(C)C(=O)OC(C)(C)C. The third kappa shape index (κ3) is 9.08. The highest BCUT2D eigenvalue weighted by Gasteiger charge is 2.20. The summed E-state index contributed by atoms with van der Waals surface area (Å²) < 4.78 is 5.32. The molecule has 0 saturated carbocycles. The number of amides is 1. The van der Waals surface area contributed by atoms with Crippen LogP contribution in [0.3, 0.4) is 0 Å². The highest BCUT2D eigenvalue weighted by Crippen LogP contribution is 2.12. The molecule has 106 valence electrons. The zero-order chi connectivity index (χ0) is 14.2. The van der Waals surface area contributed by atoms with Crippen molar-refractivity contribution in [2.24, 2.45) is 5.92 Å². The summed E-state index contributed by atoms with van der Waals surface area (Å²) in [5, 5.41) is 0. The summed E-state index contributed by atoms with van der Waals surface area (Å²) in [6.45, 7) is 10.7. The first-order valence-corrected chi connectivity index (χ1v) is 6.85. The Kier molecular flexibility index (Phi) is 7.72. The smallest absolute Gasteiger partial charge is 0.410 e. The number of allylic oxidation sites excluding steroid dienone is 2. The summed E-state index contributed by atoms with van der Waals surface area (Å²) in [5.74, 6) is 0.490. The van der Waals surface area contributed by atoms with E-state index in [1.807, 2.05) is 20.8 Å². The number of nitrogens with zero attached hydrogens (tertiary/aromatic N) is 1. The zero-order valence-corrected chi connectivity index (χ0v) is 12.8. The van der Waals surface area contributed by atoms with Crippen LogP contribution in [-0.4, -0.2) is 30.2 Å². The van der Waals surface area contributed by atoms with Crippen LogP contribution in [0.15, 0.2) is 12.2 Å². The van der Waals surface area contributed by atoms with E-state index in [2.05, 4.69) is 26.0 Å². The molecule has 0 radical (unpaired) electrons. The Morgan fingerprint density at radius 3 is 2.44 bits per heavy atom. The van der Waals surface area contributed by atoms with Crippen LogP contribution in [-0.2, 0) is 4.74 Å². The van der Waals surface area contributed by atoms with Gasteiger partial charge in [-0.3, -0.25) is 0 Å². The van der Waals surface area contributed by atoms with Gasteiger partial charge in [-0.1, -0.05) is 26.0 Å². The lowest BCUT2D eigenvalue weighted by Crippen LogP contribution is -2.36. The molecule has 0 bridgehead atoms. The molecule has 1 atom stereocenters. The molecule has 1 amide bonds. The monoisotopic (exact) mass is 255 g/mol. The molecule has 0 aromatic heterocycles. The van der Waals surface area contributed by atoms with Crippen molar-refractivity contribution in [3.63, 3.8) is 0 Å². The number of hydrogen-bond acceptors (Lipinski definition) is 2. The molecule has 3 nitrogen and oxygen atoms in total. The maximum atomic E-state index is 11.8. The lowest BCUT2D eigenvalue weighted by Gasteiger charge is -2.26. The quantitative estimate of drug-likeness (QED) is 0.664. The van der Waals surface area contributed by atoms with Crippen molar-refractivity contribution in [1.82, 2.24) is 4.90 Å². The average molecular weight is 255 g/mol. The molecule has 0 aliphatic carbocycles. The first-order valence-electron chi connectivity index (χ1n) is 6.85. The number of carbonyl (C=O) groups excluding carboxylic acids is 1. The van der Waals surface area contributed by atoms with Crippen molar-refractivity contribution < 1.29 is 9.53 Å². The van der Waals surface area contributed by atoms with Crippen LogP contribution in [0.2, 0.25) is 0 Å². The minimum Gasteiger partial charge on any atom is -0.444 e. The van der Waals surface area contributed by atoms with E-state index >= 15 is 0 Å². The average Bonchev–Trinajstić information content (AvgIpc) is 2.22. The van der Waals surface area contributed by atoms with Gasteiger partial charge in [-0.2, -0.15) is 0 Å². The fraction of sp³-hybridized carbons (Fsp3) is 0.800. The molecule has 0 rings (SSSR count). The third-order valence-electron chi connectivity index (χ3n) is 2.52. The number of carbonyl (C=O) groups is 1. The lowest BCUT2D eigenvalue weighted by atomic mass is 10.1. The van der Waals surface area contributed by atoms with Crippen LogP contribution in [0.5, 0.6) is 0 Å². The second-order valence-corrected chi connectivity index (χ2v) is 5.92. The molecule has 18 heavy (non-hydrogen) atoms. The van der Waals surface area contributed by atoms with E-state index in [0.717, 1.165) is 25.8 Å². The van der Waals surface area contributed by atoms with Gasteiger partial charge in [0.15, 0.2) is 0 Å². The summed E-state index contributed by atoms with van der Waals surface area (Å²) in [7, 11) is 1.80. The molecular formula is C15H29NO2. The van der Waals surface area contributed by atoms with Gasteiger partial charge in [0.05, 0.1) is 0 Å². The molecule has 1 unspecified atom stereocenters. The summed E-state index contributed by atoms with van der Waals surface area (Å²) >= 11 is 0. The highest BCUT2D eigenvalue weighted by molar-refractivity contribution is 5.67. The third-order valence-corrected chi connectivity index (χ3v) is 2.52. The van der Waals surface area contributed by atoms with Crippen LogP contribution < -0.4 is 0 Å². The van der Waals surface area contributed by atoms with E-state index in [4.69, 9.17) is 4.74 Å². The van der Waals surface area contributed by atoms with Crippen LogP contribution in [0.4, 0.5) is 4.79 Å². The normalized spacial score (nSPS) is 13.7. The van der Waals surface area contributed by atoms with E-state index < -0.39 is 5.60 Å². The fourth-order valence-corrected chi connectivity index (χ4v) is 1.64. The largest absolute Gasteiger partial charge is 0.444 e. The van der Waals surface area contributed by atoms with Crippen molar-refractivity contribution in [3.05, 3.63) is 12.2 Å². The molecular weight excluding hydrogens is 226 g/mol. The van der Waals surface area contributed by atoms with Crippen molar-refractivity contribution in [2.75, 3.05) is 13.6 Å². The summed E-state index contributed by atoms with van der Waals surface area (Å²) in [6, 6.07) is 0. The van der Waals surface area contributed by atoms with Gasteiger partial charge < -0.3 is 9.64 Å². The Balaban J connectivity index is 3.95. The van der Waals surface area contributed by atoms with Gasteiger partial charge in [-0.25, -0.2) is 4.79 Å². The number of hydrogen-bond donors (Lipinski definition) is 0. The highest BCUT2D eigenvalue weighted by atomic mass is 16.6. The first-order chi connectivity index (χ1) is 8.26. The van der Waals surface area contributed by atoms with E-state index in [1.54, 1.807) is 11.9 Å². The van der Waals surface area contributed by atoms with Gasteiger partial charge in [0.25, 0.3) is 0 Å². The lowest BCUT2D eigenvalue weighted by molar-refractivity contribution is 0.0275. The standard InChI is InChI=1S/C15H29NO2/c1-7-8-9-10-11-13(2)12-16(6)14(17)18-15(3,4)5/h8-9,13H,7,10-12H2,1-6H3/b9-8-. The van der Waals surface area contributed by atoms with Crippen molar-refractivity contribution in [3.8, 4) is 0 Å². The molecule has 0 fully saturated rings. The summed E-state index contributed by atoms with van der Waals surface area (Å²) in [6.07, 6.45) is 7.43. The maximum Gasteiger partial charge on any atom is 0.410 e. The summed E-state index contributed by atoms with van der Waals surface area (Å²) in [5.41, 5.74) is -0.418. The van der Waals surface area contributed by atoms with Crippen LogP contribution in [0.1, 0.15) is 53.9 Å². The minimum atomic E-state index is -0.418. The molecule has 0 spiro atoms. The molecule has 0 aromatic carbocycles. The van der Waals surface area contributed by atoms with E-state index in [9.17, 15) is 4.79 Å². The second-order valence-electron chi connectivity index (χ2n) is 5.92. The summed E-state index contributed by atoms with van der Waals surface area (Å²) in [4.78, 5) is 13.4. The van der Waals surface area contributed by atoms with E-state index in [1.165, 1.54) is 0 Å². The molecule has 0 heterocycles. The minimum absolute atomic E-state index is 0.238. The molecule has 3 heteroatoms. The predicted molar refractivity (Wildman–Crippen MR) is 76.7 cm³/mol. The van der Waals surface area contributed by atoms with E-state index in [0.29, 0.717) is 5.92 Å². The maximum absolute atomic E-state index is 11.8. The molecule has 0 aliphatic heterocycles. The van der Waals surface area contributed by atoms with Crippen LogP contribution in [0.25, 0.3) is 0 Å². The van der Waals surface area contributed by atoms with E-state index in [-0.39, 0.29) is 6.09 Å². The van der Waals surface area contributed by atoms with Crippen molar-refractivity contribution in [1.29, 1.82) is 0 Å². The van der Waals surface area contributed by atoms with Crippen LogP contribution in [0, 0.1) is 5.92 Å². The Labute approximate surface area is 112 Å². The van der Waals surface area contributed by atoms with Gasteiger partial charge >= 0.3 is 6.09 Å². The number of ether oxygens (including phenoxy) is 1. The zero-order valence-electron chi connectivity index (χ0n) is 12.8. The Hall–Kier alpha value is -0.990.